The normalized spacial score (nSPS) is 43.0. The van der Waals surface area contributed by atoms with Crippen LogP contribution in [-0.4, -0.2) is 92.2 Å². The summed E-state index contributed by atoms with van der Waals surface area (Å²) in [6, 6.07) is 0.487. The van der Waals surface area contributed by atoms with E-state index >= 15 is 0 Å². The Bertz CT molecular complexity index is 734. The smallest absolute Gasteiger partial charge is 0.223 e. The van der Waals surface area contributed by atoms with Gasteiger partial charge < -0.3 is 36.9 Å². The first-order valence-corrected chi connectivity index (χ1v) is 14.8. The molecule has 7 N–H and O–H groups in total. The van der Waals surface area contributed by atoms with E-state index in [2.05, 4.69) is 20.9 Å². The zero-order chi connectivity index (χ0) is 25.1. The molecule has 206 valence electrons. The standard InChI is InChI=1S/C26H47ClN6O3/c27-20-6-2-5-18-21(8-11-36-24(18)20)32-26(34)16-3-1-4-17(13-16)31-15-23(28)33-10-12-35-22-14-30-9-7-19(22)25(33)29/h16-25,30-31H,1-15,28-29H2,(H,32,34)/t16?,17?,18?,19?,20?,21-,22?,23?,24?,25?/m0/s1. The largest absolute Gasteiger partial charge is 0.376 e. The van der Waals surface area contributed by atoms with Gasteiger partial charge in [-0.2, -0.15) is 0 Å². The van der Waals surface area contributed by atoms with E-state index < -0.39 is 0 Å². The molecule has 10 heteroatoms. The summed E-state index contributed by atoms with van der Waals surface area (Å²) in [5.41, 5.74) is 13.3. The molecule has 5 rings (SSSR count). The summed E-state index contributed by atoms with van der Waals surface area (Å²) in [6.07, 6.45) is 9.08. The zero-order valence-electron chi connectivity index (χ0n) is 21.6. The first-order chi connectivity index (χ1) is 17.5. The fraction of sp³-hybridized carbons (Fsp3) is 0.962. The van der Waals surface area contributed by atoms with Crippen molar-refractivity contribution in [3.05, 3.63) is 0 Å². The summed E-state index contributed by atoms with van der Waals surface area (Å²) in [5.74, 6) is 0.909. The summed E-state index contributed by atoms with van der Waals surface area (Å²) < 4.78 is 12.1. The quantitative estimate of drug-likeness (QED) is 0.320. The third-order valence-electron chi connectivity index (χ3n) is 9.45. The molecular weight excluding hydrogens is 480 g/mol. The van der Waals surface area contributed by atoms with E-state index in [0.717, 1.165) is 77.4 Å². The highest BCUT2D eigenvalue weighted by molar-refractivity contribution is 6.21. The second kappa shape index (κ2) is 12.6. The van der Waals surface area contributed by atoms with Crippen molar-refractivity contribution in [2.45, 2.75) is 99.8 Å². The second-order valence-corrected chi connectivity index (χ2v) is 12.2. The molecular formula is C26H47ClN6O3. The Morgan fingerprint density at radius 3 is 2.83 bits per heavy atom. The molecule has 0 aromatic carbocycles. The van der Waals surface area contributed by atoms with Gasteiger partial charge in [0.25, 0.3) is 0 Å². The van der Waals surface area contributed by atoms with Crippen molar-refractivity contribution in [2.24, 2.45) is 29.2 Å². The minimum atomic E-state index is -0.166. The number of piperidine rings is 1. The maximum atomic E-state index is 13.3. The molecule has 2 saturated carbocycles. The van der Waals surface area contributed by atoms with Crippen LogP contribution in [0.25, 0.3) is 0 Å². The lowest BCUT2D eigenvalue weighted by molar-refractivity contribution is -0.130. The molecule has 0 aromatic heterocycles. The Labute approximate surface area is 221 Å². The van der Waals surface area contributed by atoms with Crippen LogP contribution in [0.2, 0.25) is 0 Å². The topological polar surface area (TPSA) is 127 Å². The lowest BCUT2D eigenvalue weighted by Gasteiger charge is -2.44. The Hall–Kier alpha value is -0.520. The minimum absolute atomic E-state index is 0.0495. The van der Waals surface area contributed by atoms with E-state index in [-0.39, 0.29) is 47.8 Å². The lowest BCUT2D eigenvalue weighted by Crippen LogP contribution is -2.61. The van der Waals surface area contributed by atoms with Crippen LogP contribution in [-0.2, 0) is 14.3 Å². The van der Waals surface area contributed by atoms with Gasteiger partial charge in [0.1, 0.15) is 0 Å². The molecule has 3 heterocycles. The van der Waals surface area contributed by atoms with Crippen LogP contribution in [0.4, 0.5) is 0 Å². The van der Waals surface area contributed by atoms with Gasteiger partial charge in [0.05, 0.1) is 36.5 Å². The molecule has 0 aromatic rings. The minimum Gasteiger partial charge on any atom is -0.376 e. The predicted octanol–water partition coefficient (Wildman–Crippen LogP) is 0.696. The molecule has 0 bridgehead atoms. The molecule has 5 fully saturated rings. The average molecular weight is 527 g/mol. The van der Waals surface area contributed by atoms with Crippen LogP contribution in [0, 0.1) is 17.8 Å². The number of nitrogens with one attached hydrogen (secondary N) is 3. The van der Waals surface area contributed by atoms with Crippen molar-refractivity contribution in [2.75, 3.05) is 39.4 Å². The Morgan fingerprint density at radius 2 is 1.94 bits per heavy atom. The molecule has 3 aliphatic heterocycles. The Balaban J connectivity index is 1.10. The fourth-order valence-corrected chi connectivity index (χ4v) is 7.78. The first-order valence-electron chi connectivity index (χ1n) is 14.4. The SMILES string of the molecule is NC(CNC1CCCC(C(=O)N[C@H]2CCOC3C(Cl)CCCC32)C1)N1CCOC2CNCCC2C1N. The van der Waals surface area contributed by atoms with Gasteiger partial charge in [-0.25, -0.2) is 0 Å². The number of hydrogen-bond acceptors (Lipinski definition) is 8. The van der Waals surface area contributed by atoms with Crippen molar-refractivity contribution < 1.29 is 14.3 Å². The Morgan fingerprint density at radius 1 is 1.08 bits per heavy atom. The molecule has 3 saturated heterocycles. The number of fused-ring (bicyclic) bond motifs is 2. The fourth-order valence-electron chi connectivity index (χ4n) is 7.36. The summed E-state index contributed by atoms with van der Waals surface area (Å²) in [4.78, 5) is 15.5. The van der Waals surface area contributed by atoms with Gasteiger partial charge in [0, 0.05) is 56.1 Å². The maximum Gasteiger partial charge on any atom is 0.223 e. The van der Waals surface area contributed by atoms with Crippen LogP contribution >= 0.6 is 11.6 Å². The number of carbonyl (C=O) groups is 1. The number of amides is 1. The van der Waals surface area contributed by atoms with Gasteiger partial charge in [-0.15, -0.1) is 11.6 Å². The number of halogens is 1. The van der Waals surface area contributed by atoms with Crippen molar-refractivity contribution in [3.8, 4) is 0 Å². The molecule has 9 unspecified atom stereocenters. The average Bonchev–Trinajstić information content (AvgIpc) is 3.07. The van der Waals surface area contributed by atoms with Gasteiger partial charge in [0.15, 0.2) is 0 Å². The van der Waals surface area contributed by atoms with Crippen LogP contribution in [0.5, 0.6) is 0 Å². The summed E-state index contributed by atoms with van der Waals surface area (Å²) in [6.45, 7) is 4.62. The molecule has 5 aliphatic rings. The zero-order valence-corrected chi connectivity index (χ0v) is 22.3. The lowest BCUT2D eigenvalue weighted by atomic mass is 9.78. The number of carbonyl (C=O) groups excluding carboxylic acids is 1. The van der Waals surface area contributed by atoms with Crippen LogP contribution < -0.4 is 27.4 Å². The second-order valence-electron chi connectivity index (χ2n) is 11.7. The molecule has 0 spiro atoms. The van der Waals surface area contributed by atoms with Gasteiger partial charge in [-0.05, 0) is 51.5 Å². The molecule has 10 atom stereocenters. The molecule has 2 aliphatic carbocycles. The highest BCUT2D eigenvalue weighted by atomic mass is 35.5. The van der Waals surface area contributed by atoms with Gasteiger partial charge in [-0.1, -0.05) is 12.8 Å². The van der Waals surface area contributed by atoms with Crippen molar-refractivity contribution in [3.63, 3.8) is 0 Å². The molecule has 1 amide bonds. The van der Waals surface area contributed by atoms with Gasteiger partial charge in [-0.3, -0.25) is 9.69 Å². The molecule has 9 nitrogen and oxygen atoms in total. The number of alkyl halides is 1. The van der Waals surface area contributed by atoms with Crippen LogP contribution in [0.15, 0.2) is 0 Å². The highest BCUT2D eigenvalue weighted by Crippen LogP contribution is 2.37. The van der Waals surface area contributed by atoms with Crippen LogP contribution in [0.3, 0.4) is 0 Å². The monoisotopic (exact) mass is 526 g/mol. The maximum absolute atomic E-state index is 13.3. The Kier molecular flexibility index (Phi) is 9.44. The number of ether oxygens (including phenoxy) is 2. The van der Waals surface area contributed by atoms with E-state index in [0.29, 0.717) is 37.6 Å². The number of nitrogens with two attached hydrogens (primary N) is 2. The third kappa shape index (κ3) is 6.20. The summed E-state index contributed by atoms with van der Waals surface area (Å²) in [5, 5.41) is 10.6. The number of nitrogens with zero attached hydrogens (tertiary/aromatic N) is 1. The highest BCUT2D eigenvalue weighted by Gasteiger charge is 2.42. The molecule has 0 radical (unpaired) electrons. The van der Waals surface area contributed by atoms with E-state index in [9.17, 15) is 4.79 Å². The van der Waals surface area contributed by atoms with Crippen molar-refractivity contribution in [1.29, 1.82) is 0 Å². The van der Waals surface area contributed by atoms with Crippen molar-refractivity contribution >= 4 is 17.5 Å². The first kappa shape index (κ1) is 27.1. The van der Waals surface area contributed by atoms with Crippen LogP contribution in [0.1, 0.15) is 57.8 Å². The predicted molar refractivity (Wildman–Crippen MR) is 140 cm³/mol. The van der Waals surface area contributed by atoms with Gasteiger partial charge in [0.2, 0.25) is 5.91 Å². The van der Waals surface area contributed by atoms with E-state index in [4.69, 9.17) is 32.5 Å². The summed E-state index contributed by atoms with van der Waals surface area (Å²) >= 11 is 6.55. The molecule has 36 heavy (non-hydrogen) atoms. The number of rotatable bonds is 6. The van der Waals surface area contributed by atoms with E-state index in [1.165, 1.54) is 0 Å². The van der Waals surface area contributed by atoms with Gasteiger partial charge >= 0.3 is 0 Å². The number of hydrogen-bond donors (Lipinski definition) is 5. The third-order valence-corrected chi connectivity index (χ3v) is 9.91. The van der Waals surface area contributed by atoms with E-state index in [1.54, 1.807) is 0 Å². The van der Waals surface area contributed by atoms with E-state index in [1.807, 2.05) is 0 Å². The van der Waals surface area contributed by atoms with Crippen molar-refractivity contribution in [1.82, 2.24) is 20.9 Å². The summed E-state index contributed by atoms with van der Waals surface area (Å²) in [7, 11) is 0.